The summed E-state index contributed by atoms with van der Waals surface area (Å²) < 4.78 is 0. The van der Waals surface area contributed by atoms with Gasteiger partial charge in [-0.15, -0.1) is 11.8 Å². The van der Waals surface area contributed by atoms with E-state index in [1.54, 1.807) is 17.0 Å². The molecule has 0 radical (unpaired) electrons. The Hall–Kier alpha value is -2.47. The lowest BCUT2D eigenvalue weighted by molar-refractivity contribution is -0.139. The normalized spacial score (nSPS) is 14.6. The van der Waals surface area contributed by atoms with Crippen molar-refractivity contribution in [1.82, 2.24) is 10.2 Å². The fraction of sp³-hybridized carbons (Fsp3) is 0.333. The van der Waals surface area contributed by atoms with E-state index in [1.165, 1.54) is 18.2 Å². The third-order valence-corrected chi connectivity index (χ3v) is 8.40. The topological polar surface area (TPSA) is 49.4 Å². The largest absolute Gasteiger partial charge is 0.352 e. The minimum absolute atomic E-state index is 0.0975. The number of rotatable bonds is 10. The second kappa shape index (κ2) is 13.9. The maximum atomic E-state index is 13.8. The van der Waals surface area contributed by atoms with E-state index in [4.69, 9.17) is 23.2 Å². The van der Waals surface area contributed by atoms with Crippen LogP contribution in [0.25, 0.3) is 0 Å². The molecule has 3 aromatic rings. The van der Waals surface area contributed by atoms with Gasteiger partial charge in [0.1, 0.15) is 6.04 Å². The van der Waals surface area contributed by atoms with Gasteiger partial charge in [0, 0.05) is 23.9 Å². The summed E-state index contributed by atoms with van der Waals surface area (Å²) in [5.41, 5.74) is 1.84. The average molecular weight is 556 g/mol. The van der Waals surface area contributed by atoms with Crippen LogP contribution in [0.4, 0.5) is 0 Å². The smallest absolute Gasteiger partial charge is 0.243 e. The minimum Gasteiger partial charge on any atom is -0.352 e. The molecule has 3 aromatic carbocycles. The van der Waals surface area contributed by atoms with Crippen LogP contribution in [0.1, 0.15) is 43.2 Å². The average Bonchev–Trinajstić information content (AvgIpc) is 2.93. The molecule has 1 fully saturated rings. The Balaban J connectivity index is 1.62. The lowest BCUT2D eigenvalue weighted by atomic mass is 9.94. The molecule has 0 aliphatic heterocycles. The van der Waals surface area contributed by atoms with Gasteiger partial charge < -0.3 is 10.2 Å². The maximum Gasteiger partial charge on any atom is 0.243 e. The molecular weight excluding hydrogens is 523 g/mol. The molecule has 194 valence electrons. The van der Waals surface area contributed by atoms with E-state index >= 15 is 0 Å². The molecule has 1 atom stereocenters. The van der Waals surface area contributed by atoms with Gasteiger partial charge in [0.15, 0.2) is 0 Å². The van der Waals surface area contributed by atoms with E-state index in [1.807, 2.05) is 66.7 Å². The molecule has 1 saturated carbocycles. The summed E-state index contributed by atoms with van der Waals surface area (Å²) in [6.07, 6.45) is 5.84. The second-order valence-electron chi connectivity index (χ2n) is 9.42. The Morgan fingerprint density at radius 3 is 2.22 bits per heavy atom. The number of hydrogen-bond donors (Lipinski definition) is 1. The zero-order valence-corrected chi connectivity index (χ0v) is 23.1. The molecule has 1 aliphatic carbocycles. The molecular formula is C30H32Cl2N2O2S. The molecule has 0 bridgehead atoms. The van der Waals surface area contributed by atoms with Gasteiger partial charge in [-0.25, -0.2) is 0 Å². The Morgan fingerprint density at radius 2 is 1.54 bits per heavy atom. The van der Waals surface area contributed by atoms with Crippen LogP contribution in [0.3, 0.4) is 0 Å². The number of carbonyl (C=O) groups excluding carboxylic acids is 2. The fourth-order valence-electron chi connectivity index (χ4n) is 4.68. The Labute approximate surface area is 233 Å². The Bertz CT molecular complexity index is 1170. The summed E-state index contributed by atoms with van der Waals surface area (Å²) in [5, 5.41) is 4.15. The molecule has 0 aromatic heterocycles. The number of benzene rings is 3. The van der Waals surface area contributed by atoms with E-state index in [9.17, 15) is 9.59 Å². The summed E-state index contributed by atoms with van der Waals surface area (Å²) in [5.74, 6) is 0.0291. The van der Waals surface area contributed by atoms with Crippen molar-refractivity contribution in [1.29, 1.82) is 0 Å². The van der Waals surface area contributed by atoms with Crippen LogP contribution in [0.5, 0.6) is 0 Å². The first-order valence-corrected chi connectivity index (χ1v) is 14.5. The van der Waals surface area contributed by atoms with Crippen LogP contribution in [0.2, 0.25) is 10.0 Å². The van der Waals surface area contributed by atoms with Crippen molar-refractivity contribution >= 4 is 46.8 Å². The summed E-state index contributed by atoms with van der Waals surface area (Å²) in [4.78, 5) is 30.3. The molecule has 37 heavy (non-hydrogen) atoms. The van der Waals surface area contributed by atoms with Crippen LogP contribution in [0.15, 0.2) is 83.8 Å². The number of hydrogen-bond acceptors (Lipinski definition) is 3. The first-order valence-electron chi connectivity index (χ1n) is 12.7. The Morgan fingerprint density at radius 1 is 0.865 bits per heavy atom. The van der Waals surface area contributed by atoms with Crippen molar-refractivity contribution in [3.05, 3.63) is 100 Å². The van der Waals surface area contributed by atoms with E-state index in [0.29, 0.717) is 16.5 Å². The van der Waals surface area contributed by atoms with Crippen molar-refractivity contribution in [2.45, 2.75) is 62.0 Å². The van der Waals surface area contributed by atoms with Gasteiger partial charge in [-0.05, 0) is 48.2 Å². The van der Waals surface area contributed by atoms with E-state index in [-0.39, 0.29) is 30.2 Å². The van der Waals surface area contributed by atoms with Gasteiger partial charge in [0.25, 0.3) is 0 Å². The van der Waals surface area contributed by atoms with Crippen molar-refractivity contribution in [3.8, 4) is 0 Å². The second-order valence-corrected chi connectivity index (χ2v) is 11.3. The first kappa shape index (κ1) is 27.6. The van der Waals surface area contributed by atoms with Crippen LogP contribution < -0.4 is 5.32 Å². The molecule has 0 heterocycles. The number of carbonyl (C=O) groups is 2. The standard InChI is InChI=1S/C30H32Cl2N2O2S/c31-26-17-16-23(18-27(26)32)20-34(29(35)21-37-25-14-8-3-9-15-25)28(19-22-10-4-1-5-11-22)30(36)33-24-12-6-2-7-13-24/h1,3-5,8-11,14-18,24,28H,2,6-7,12-13,19-21H2,(H,33,36). The monoisotopic (exact) mass is 554 g/mol. The van der Waals surface area contributed by atoms with Crippen molar-refractivity contribution in [2.24, 2.45) is 0 Å². The third-order valence-electron chi connectivity index (χ3n) is 6.67. The van der Waals surface area contributed by atoms with E-state index < -0.39 is 6.04 Å². The minimum atomic E-state index is -0.650. The molecule has 1 N–H and O–H groups in total. The van der Waals surface area contributed by atoms with Crippen LogP contribution in [0, 0.1) is 0 Å². The highest BCUT2D eigenvalue weighted by molar-refractivity contribution is 8.00. The highest BCUT2D eigenvalue weighted by Crippen LogP contribution is 2.26. The number of nitrogens with one attached hydrogen (secondary N) is 1. The van der Waals surface area contributed by atoms with Crippen LogP contribution in [-0.4, -0.2) is 34.6 Å². The van der Waals surface area contributed by atoms with E-state index in [0.717, 1.165) is 41.7 Å². The zero-order valence-electron chi connectivity index (χ0n) is 20.7. The van der Waals surface area contributed by atoms with E-state index in [2.05, 4.69) is 5.32 Å². The molecule has 1 unspecified atom stereocenters. The predicted octanol–water partition coefficient (Wildman–Crippen LogP) is 7.17. The molecule has 4 rings (SSSR count). The van der Waals surface area contributed by atoms with Gasteiger partial charge in [0.05, 0.1) is 15.8 Å². The highest BCUT2D eigenvalue weighted by atomic mass is 35.5. The van der Waals surface area contributed by atoms with Crippen LogP contribution in [-0.2, 0) is 22.6 Å². The van der Waals surface area contributed by atoms with Crippen molar-refractivity contribution in [2.75, 3.05) is 5.75 Å². The third kappa shape index (κ3) is 8.26. The van der Waals surface area contributed by atoms with Gasteiger partial charge in [-0.3, -0.25) is 9.59 Å². The molecule has 1 aliphatic rings. The van der Waals surface area contributed by atoms with Crippen LogP contribution >= 0.6 is 35.0 Å². The summed E-state index contributed by atoms with van der Waals surface area (Å²) in [6.45, 7) is 0.265. The first-order chi connectivity index (χ1) is 18.0. The molecule has 7 heteroatoms. The zero-order chi connectivity index (χ0) is 26.0. The van der Waals surface area contributed by atoms with Gasteiger partial charge in [0.2, 0.25) is 11.8 Å². The Kier molecular flexibility index (Phi) is 10.4. The predicted molar refractivity (Wildman–Crippen MR) is 153 cm³/mol. The number of halogens is 2. The lowest BCUT2D eigenvalue weighted by Gasteiger charge is -2.33. The summed E-state index contributed by atoms with van der Waals surface area (Å²) >= 11 is 13.9. The molecule has 2 amide bonds. The quantitative estimate of drug-likeness (QED) is 0.270. The number of nitrogens with zero attached hydrogens (tertiary/aromatic N) is 1. The fourth-order valence-corrected chi connectivity index (χ4v) is 5.80. The molecule has 0 saturated heterocycles. The molecule has 0 spiro atoms. The number of thioether (sulfide) groups is 1. The highest BCUT2D eigenvalue weighted by Gasteiger charge is 2.32. The maximum absolute atomic E-state index is 13.8. The van der Waals surface area contributed by atoms with Gasteiger partial charge in [-0.1, -0.05) is 97.1 Å². The SMILES string of the molecule is O=C(NC1CCCCC1)C(Cc1ccccc1)N(Cc1ccc(Cl)c(Cl)c1)C(=O)CSc1ccccc1. The summed E-state index contributed by atoms with van der Waals surface area (Å²) in [6, 6.07) is 24.6. The number of amides is 2. The summed E-state index contributed by atoms with van der Waals surface area (Å²) in [7, 11) is 0. The van der Waals surface area contributed by atoms with Gasteiger partial charge in [-0.2, -0.15) is 0 Å². The molecule has 4 nitrogen and oxygen atoms in total. The van der Waals surface area contributed by atoms with Crippen molar-refractivity contribution < 1.29 is 9.59 Å². The van der Waals surface area contributed by atoms with Gasteiger partial charge >= 0.3 is 0 Å². The van der Waals surface area contributed by atoms with Crippen molar-refractivity contribution in [3.63, 3.8) is 0 Å². The lowest BCUT2D eigenvalue weighted by Crippen LogP contribution is -2.53.